The van der Waals surface area contributed by atoms with Gasteiger partial charge in [0, 0.05) is 9.52 Å². The third-order valence-electron chi connectivity index (χ3n) is 1.28. The molecule has 0 aliphatic heterocycles. The van der Waals surface area contributed by atoms with Crippen LogP contribution in [0.15, 0.2) is 30.3 Å². The second kappa shape index (κ2) is 3.46. The van der Waals surface area contributed by atoms with E-state index in [-0.39, 0.29) is 0 Å². The van der Waals surface area contributed by atoms with E-state index in [4.69, 9.17) is 0 Å². The van der Waals surface area contributed by atoms with Crippen molar-refractivity contribution in [3.8, 4) is 0 Å². The number of hydrogen-bond acceptors (Lipinski definition) is 0. The van der Waals surface area contributed by atoms with E-state index < -0.39 is 0 Å². The van der Waals surface area contributed by atoms with E-state index in [9.17, 15) is 0 Å². The molecule has 1 radical (unpaired) electrons. The molecule has 0 fully saturated rings. The van der Waals surface area contributed by atoms with Crippen molar-refractivity contribution in [2.24, 2.45) is 0 Å². The van der Waals surface area contributed by atoms with E-state index in [2.05, 4.69) is 36.9 Å². The predicted octanol–water partition coefficient (Wildman–Crippen LogP) is 1.67. The smallest absolute Gasteiger partial charge is 0.0298 e. The van der Waals surface area contributed by atoms with Crippen LogP contribution in [-0.2, 0) is 6.04 Å². The van der Waals surface area contributed by atoms with Crippen LogP contribution in [0.4, 0.5) is 0 Å². The van der Waals surface area contributed by atoms with Gasteiger partial charge in [0.25, 0.3) is 0 Å². The molecule has 0 saturated carbocycles. The Hall–Kier alpha value is -0.563. The lowest BCUT2D eigenvalue weighted by Crippen LogP contribution is -1.88. The lowest BCUT2D eigenvalue weighted by molar-refractivity contribution is 1.38. The topological polar surface area (TPSA) is 0 Å². The zero-order chi connectivity index (χ0) is 6.53. The van der Waals surface area contributed by atoms with Gasteiger partial charge in [-0.1, -0.05) is 42.4 Å². The molecule has 1 aromatic carbocycles. The molecule has 0 bridgehead atoms. The Kier molecular flexibility index (Phi) is 2.52. The van der Waals surface area contributed by atoms with Crippen LogP contribution >= 0.6 is 0 Å². The molecular formula is C8H11Si. The Morgan fingerprint density at radius 1 is 1.22 bits per heavy atom. The third kappa shape index (κ3) is 2.02. The van der Waals surface area contributed by atoms with Crippen LogP contribution in [0.3, 0.4) is 0 Å². The molecule has 0 saturated heterocycles. The van der Waals surface area contributed by atoms with E-state index in [0.717, 1.165) is 0 Å². The first-order valence-corrected chi connectivity index (χ1v) is 5.22. The maximum absolute atomic E-state index is 2.28. The lowest BCUT2D eigenvalue weighted by atomic mass is 10.2. The van der Waals surface area contributed by atoms with Crippen LogP contribution in [0, 0.1) is 0 Å². The number of hydrogen-bond donors (Lipinski definition) is 0. The van der Waals surface area contributed by atoms with Gasteiger partial charge in [-0.15, -0.1) is 0 Å². The standard InChI is InChI=1S/C8H11Si/c1-9-7-8-5-3-2-4-6-8/h2-6,9H,7H2,1H3. The molecule has 1 heteroatoms. The summed E-state index contributed by atoms with van der Waals surface area (Å²) < 4.78 is 0. The van der Waals surface area contributed by atoms with Gasteiger partial charge < -0.3 is 0 Å². The van der Waals surface area contributed by atoms with Crippen molar-refractivity contribution in [1.82, 2.24) is 0 Å². The molecule has 0 atom stereocenters. The Labute approximate surface area is 58.7 Å². The zero-order valence-corrected chi connectivity index (χ0v) is 6.83. The van der Waals surface area contributed by atoms with Gasteiger partial charge in [0.05, 0.1) is 0 Å². The normalized spacial score (nSPS) is 9.44. The molecule has 0 heterocycles. The molecule has 0 spiro atoms. The van der Waals surface area contributed by atoms with Crippen molar-refractivity contribution >= 4 is 9.52 Å². The van der Waals surface area contributed by atoms with E-state index in [1.807, 2.05) is 0 Å². The summed E-state index contributed by atoms with van der Waals surface area (Å²) in [5.74, 6) is 0. The van der Waals surface area contributed by atoms with Crippen LogP contribution in [0.25, 0.3) is 0 Å². The first kappa shape index (κ1) is 6.56. The van der Waals surface area contributed by atoms with Crippen molar-refractivity contribution in [2.75, 3.05) is 0 Å². The number of rotatable bonds is 2. The second-order valence-electron chi connectivity index (χ2n) is 2.10. The summed E-state index contributed by atoms with van der Waals surface area (Å²) in [6, 6.07) is 11.9. The minimum Gasteiger partial charge on any atom is -0.0738 e. The summed E-state index contributed by atoms with van der Waals surface area (Å²) in [5, 5.41) is 0. The quantitative estimate of drug-likeness (QED) is 0.541. The maximum Gasteiger partial charge on any atom is 0.0298 e. The lowest BCUT2D eigenvalue weighted by Gasteiger charge is -1.93. The van der Waals surface area contributed by atoms with Gasteiger partial charge >= 0.3 is 0 Å². The number of benzene rings is 1. The van der Waals surface area contributed by atoms with Crippen LogP contribution in [0.2, 0.25) is 6.55 Å². The molecule has 0 aliphatic carbocycles. The molecule has 1 aromatic rings. The Morgan fingerprint density at radius 3 is 2.44 bits per heavy atom. The minimum atomic E-state index is 0.625. The fourth-order valence-electron chi connectivity index (χ4n) is 0.850. The van der Waals surface area contributed by atoms with Gasteiger partial charge in [0.2, 0.25) is 0 Å². The van der Waals surface area contributed by atoms with Gasteiger partial charge in [-0.3, -0.25) is 0 Å². The predicted molar refractivity (Wildman–Crippen MR) is 43.2 cm³/mol. The molecule has 47 valence electrons. The summed E-state index contributed by atoms with van der Waals surface area (Å²) in [6.07, 6.45) is 0. The van der Waals surface area contributed by atoms with Crippen LogP contribution in [0.1, 0.15) is 5.56 Å². The first-order valence-electron chi connectivity index (χ1n) is 3.25. The van der Waals surface area contributed by atoms with E-state index in [1.165, 1.54) is 11.6 Å². The average Bonchev–Trinajstić information content (AvgIpc) is 1.91. The molecule has 9 heavy (non-hydrogen) atoms. The molecule has 0 N–H and O–H groups in total. The second-order valence-corrected chi connectivity index (χ2v) is 3.32. The third-order valence-corrected chi connectivity index (χ3v) is 2.16. The molecule has 0 unspecified atom stereocenters. The monoisotopic (exact) mass is 135 g/mol. The van der Waals surface area contributed by atoms with Crippen LogP contribution < -0.4 is 0 Å². The van der Waals surface area contributed by atoms with Gasteiger partial charge in [-0.2, -0.15) is 0 Å². The summed E-state index contributed by atoms with van der Waals surface area (Å²) in [4.78, 5) is 0. The molecule has 0 nitrogen and oxygen atoms in total. The Balaban J connectivity index is 2.61. The molecule has 1 rings (SSSR count). The minimum absolute atomic E-state index is 0.625. The van der Waals surface area contributed by atoms with Gasteiger partial charge in [-0.25, -0.2) is 0 Å². The van der Waals surface area contributed by atoms with Gasteiger partial charge in [-0.05, 0) is 6.04 Å². The average molecular weight is 135 g/mol. The summed E-state index contributed by atoms with van der Waals surface area (Å²) in [7, 11) is 0.625. The van der Waals surface area contributed by atoms with E-state index >= 15 is 0 Å². The zero-order valence-electron chi connectivity index (χ0n) is 5.67. The largest absolute Gasteiger partial charge is 0.0738 e. The Bertz CT molecular complexity index is 157. The summed E-state index contributed by atoms with van der Waals surface area (Å²) in [5.41, 5.74) is 1.48. The molecular weight excluding hydrogens is 124 g/mol. The van der Waals surface area contributed by atoms with Crippen molar-refractivity contribution in [3.05, 3.63) is 35.9 Å². The van der Waals surface area contributed by atoms with E-state index in [1.54, 1.807) is 0 Å². The highest BCUT2D eigenvalue weighted by atomic mass is 28.2. The Morgan fingerprint density at radius 2 is 1.89 bits per heavy atom. The fraction of sp³-hybridized carbons (Fsp3) is 0.250. The summed E-state index contributed by atoms with van der Waals surface area (Å²) in [6.45, 7) is 2.28. The van der Waals surface area contributed by atoms with Gasteiger partial charge in [0.15, 0.2) is 0 Å². The maximum atomic E-state index is 2.28. The highest BCUT2D eigenvalue weighted by Crippen LogP contribution is 1.97. The van der Waals surface area contributed by atoms with Crippen LogP contribution in [0.5, 0.6) is 0 Å². The SMILES string of the molecule is C[SiH]Cc1ccccc1. The fourth-order valence-corrected chi connectivity index (χ4v) is 1.59. The van der Waals surface area contributed by atoms with Crippen molar-refractivity contribution in [2.45, 2.75) is 12.6 Å². The highest BCUT2D eigenvalue weighted by molar-refractivity contribution is 6.32. The molecule has 0 aliphatic rings. The van der Waals surface area contributed by atoms with E-state index in [0.29, 0.717) is 9.52 Å². The first-order chi connectivity index (χ1) is 4.43. The van der Waals surface area contributed by atoms with Crippen LogP contribution in [-0.4, -0.2) is 9.52 Å². The van der Waals surface area contributed by atoms with Gasteiger partial charge in [0.1, 0.15) is 0 Å². The van der Waals surface area contributed by atoms with Crippen molar-refractivity contribution in [1.29, 1.82) is 0 Å². The highest BCUT2D eigenvalue weighted by Gasteiger charge is 1.85. The van der Waals surface area contributed by atoms with Crippen molar-refractivity contribution < 1.29 is 0 Å². The summed E-state index contributed by atoms with van der Waals surface area (Å²) >= 11 is 0. The van der Waals surface area contributed by atoms with Crippen molar-refractivity contribution in [3.63, 3.8) is 0 Å². The molecule has 0 amide bonds. The molecule has 0 aromatic heterocycles.